The predicted molar refractivity (Wildman–Crippen MR) is 105 cm³/mol. The average molecular weight is 366 g/mol. The molecule has 4 heteroatoms. The van der Waals surface area contributed by atoms with Gasteiger partial charge >= 0.3 is 0 Å². The van der Waals surface area contributed by atoms with Gasteiger partial charge in [-0.3, -0.25) is 9.59 Å². The highest BCUT2D eigenvalue weighted by Crippen LogP contribution is 2.61. The summed E-state index contributed by atoms with van der Waals surface area (Å²) in [5, 5.41) is 0. The molecule has 1 fully saturated rings. The van der Waals surface area contributed by atoms with Gasteiger partial charge < -0.3 is 0 Å². The molecule has 4 aliphatic rings. The first-order chi connectivity index (χ1) is 13.7. The highest BCUT2D eigenvalue weighted by atomic mass is 16.2. The van der Waals surface area contributed by atoms with Crippen LogP contribution >= 0.6 is 0 Å². The summed E-state index contributed by atoms with van der Waals surface area (Å²) in [4.78, 5) is 32.9. The molecule has 0 N–H and O–H groups in total. The van der Waals surface area contributed by atoms with E-state index in [1.807, 2.05) is 43.3 Å². The molecule has 28 heavy (non-hydrogen) atoms. The van der Waals surface area contributed by atoms with Crippen LogP contribution in [0.25, 0.3) is 0 Å². The monoisotopic (exact) mass is 366 g/mol. The minimum Gasteiger partial charge on any atom is -0.274 e. The number of amides is 2. The zero-order valence-electron chi connectivity index (χ0n) is 15.4. The van der Waals surface area contributed by atoms with Crippen molar-refractivity contribution in [1.82, 2.24) is 4.98 Å². The lowest BCUT2D eigenvalue weighted by Crippen LogP contribution is -2.41. The molecule has 136 valence electrons. The van der Waals surface area contributed by atoms with Gasteiger partial charge in [0, 0.05) is 18.0 Å². The van der Waals surface area contributed by atoms with E-state index >= 15 is 0 Å². The maximum Gasteiger partial charge on any atom is 0.239 e. The van der Waals surface area contributed by atoms with Crippen molar-refractivity contribution >= 4 is 17.6 Å². The van der Waals surface area contributed by atoms with Crippen molar-refractivity contribution in [2.24, 2.45) is 11.8 Å². The summed E-state index contributed by atoms with van der Waals surface area (Å²) in [7, 11) is 0. The number of carbonyl (C=O) groups excluding carboxylic acids is 2. The Labute approximate surface area is 162 Å². The lowest BCUT2D eigenvalue weighted by Gasteiger charge is -2.45. The molecule has 1 aromatic heterocycles. The van der Waals surface area contributed by atoms with E-state index in [4.69, 9.17) is 0 Å². The second-order valence-corrected chi connectivity index (χ2v) is 7.92. The largest absolute Gasteiger partial charge is 0.274 e. The Balaban J connectivity index is 1.59. The van der Waals surface area contributed by atoms with Gasteiger partial charge in [0.2, 0.25) is 11.8 Å². The summed E-state index contributed by atoms with van der Waals surface area (Å²) in [5.74, 6) is -0.626. The number of nitrogens with zero attached hydrogens (tertiary/aromatic N) is 2. The molecule has 4 nitrogen and oxygen atoms in total. The van der Waals surface area contributed by atoms with Crippen LogP contribution in [0.1, 0.15) is 39.7 Å². The Kier molecular flexibility index (Phi) is 3.03. The van der Waals surface area contributed by atoms with Gasteiger partial charge in [-0.05, 0) is 40.8 Å². The summed E-state index contributed by atoms with van der Waals surface area (Å²) in [6, 6.07) is 20.3. The van der Waals surface area contributed by atoms with E-state index < -0.39 is 0 Å². The van der Waals surface area contributed by atoms with Gasteiger partial charge in [-0.25, -0.2) is 9.88 Å². The van der Waals surface area contributed by atoms with E-state index in [9.17, 15) is 9.59 Å². The molecular weight excluding hydrogens is 348 g/mol. The molecule has 2 atom stereocenters. The Morgan fingerprint density at radius 1 is 0.714 bits per heavy atom. The number of carbonyl (C=O) groups is 2. The van der Waals surface area contributed by atoms with Crippen LogP contribution in [0.5, 0.6) is 0 Å². The van der Waals surface area contributed by atoms with Crippen LogP contribution in [0, 0.1) is 18.8 Å². The van der Waals surface area contributed by atoms with Crippen molar-refractivity contribution in [3.8, 4) is 0 Å². The van der Waals surface area contributed by atoms with Crippen molar-refractivity contribution in [2.45, 2.75) is 18.8 Å². The molecule has 2 heterocycles. The highest BCUT2D eigenvalue weighted by molar-refractivity contribution is 6.23. The first kappa shape index (κ1) is 15.8. The van der Waals surface area contributed by atoms with Crippen molar-refractivity contribution in [2.75, 3.05) is 4.90 Å². The molecule has 7 rings (SSSR count). The number of imide groups is 1. The normalized spacial score (nSPS) is 26.8. The Morgan fingerprint density at radius 2 is 1.18 bits per heavy atom. The van der Waals surface area contributed by atoms with E-state index in [2.05, 4.69) is 29.2 Å². The van der Waals surface area contributed by atoms with Crippen molar-refractivity contribution in [1.29, 1.82) is 0 Å². The smallest absolute Gasteiger partial charge is 0.239 e. The zero-order valence-corrected chi connectivity index (χ0v) is 15.4. The third kappa shape index (κ3) is 1.78. The molecule has 2 bridgehead atoms. The van der Waals surface area contributed by atoms with E-state index in [0.29, 0.717) is 5.82 Å². The topological polar surface area (TPSA) is 50.3 Å². The lowest BCUT2D eigenvalue weighted by atomic mass is 9.55. The summed E-state index contributed by atoms with van der Waals surface area (Å²) < 4.78 is 0. The predicted octanol–water partition coefficient (Wildman–Crippen LogP) is 3.79. The Morgan fingerprint density at radius 3 is 1.61 bits per heavy atom. The minimum atomic E-state index is -0.358. The van der Waals surface area contributed by atoms with Gasteiger partial charge in [0.25, 0.3) is 0 Å². The molecule has 2 amide bonds. The van der Waals surface area contributed by atoms with E-state index in [-0.39, 0.29) is 35.5 Å². The van der Waals surface area contributed by atoms with Crippen LogP contribution in [0.4, 0.5) is 5.82 Å². The van der Waals surface area contributed by atoms with Gasteiger partial charge in [-0.1, -0.05) is 54.6 Å². The maximum atomic E-state index is 13.6. The number of hydrogen-bond donors (Lipinski definition) is 0. The molecule has 1 saturated heterocycles. The first-order valence-corrected chi connectivity index (χ1v) is 9.65. The lowest BCUT2D eigenvalue weighted by molar-refractivity contribution is -0.122. The maximum absolute atomic E-state index is 13.6. The third-order valence-electron chi connectivity index (χ3n) is 6.64. The van der Waals surface area contributed by atoms with Gasteiger partial charge in [-0.15, -0.1) is 0 Å². The summed E-state index contributed by atoms with van der Waals surface area (Å²) >= 11 is 0. The number of rotatable bonds is 1. The second-order valence-electron chi connectivity index (χ2n) is 7.92. The minimum absolute atomic E-state index is 0.0760. The van der Waals surface area contributed by atoms with Gasteiger partial charge in [0.15, 0.2) is 0 Å². The SMILES string of the molecule is Cc1cccnc1N1C(=O)[C@@H]2C3c4ccccc4C(c4ccccc43)[C@H]2C1=O. The fourth-order valence-electron chi connectivity index (χ4n) is 5.60. The Bertz CT molecular complexity index is 1050. The second kappa shape index (κ2) is 5.38. The average Bonchev–Trinajstić information content (AvgIpc) is 2.99. The molecule has 0 spiro atoms. The summed E-state index contributed by atoms with van der Waals surface area (Å²) in [5.41, 5.74) is 5.59. The quantitative estimate of drug-likeness (QED) is 0.616. The van der Waals surface area contributed by atoms with E-state index in [1.54, 1.807) is 6.20 Å². The number of benzene rings is 2. The van der Waals surface area contributed by atoms with Crippen molar-refractivity contribution < 1.29 is 9.59 Å². The fraction of sp³-hybridized carbons (Fsp3) is 0.208. The van der Waals surface area contributed by atoms with Gasteiger partial charge in [-0.2, -0.15) is 0 Å². The molecule has 0 unspecified atom stereocenters. The molecular formula is C24H18N2O2. The molecule has 0 saturated carbocycles. The van der Waals surface area contributed by atoms with Crippen LogP contribution in [0.2, 0.25) is 0 Å². The van der Waals surface area contributed by atoms with Crippen LogP contribution < -0.4 is 4.90 Å². The van der Waals surface area contributed by atoms with Crippen molar-refractivity contribution in [3.63, 3.8) is 0 Å². The number of aryl methyl sites for hydroxylation is 1. The standard InChI is InChI=1S/C24H18N2O2/c1-13-7-6-12-25-22(13)26-23(27)20-18-14-8-2-3-9-15(14)19(21(20)24(26)28)17-11-5-4-10-16(17)18/h2-12,18-21H,1H3/t18?,19?,20-,21-/m1/s1. The van der Waals surface area contributed by atoms with Crippen LogP contribution in [0.15, 0.2) is 66.9 Å². The van der Waals surface area contributed by atoms with Crippen LogP contribution in [-0.2, 0) is 9.59 Å². The molecule has 3 aliphatic carbocycles. The molecule has 3 aromatic rings. The third-order valence-corrected chi connectivity index (χ3v) is 6.64. The Hall–Kier alpha value is -3.27. The fourth-order valence-corrected chi connectivity index (χ4v) is 5.60. The van der Waals surface area contributed by atoms with Crippen LogP contribution in [0.3, 0.4) is 0 Å². The van der Waals surface area contributed by atoms with E-state index in [1.165, 1.54) is 27.2 Å². The molecule has 0 radical (unpaired) electrons. The first-order valence-electron chi connectivity index (χ1n) is 9.65. The number of aromatic nitrogens is 1. The summed E-state index contributed by atoms with van der Waals surface area (Å²) in [6.45, 7) is 1.89. The van der Waals surface area contributed by atoms with Gasteiger partial charge in [0.1, 0.15) is 5.82 Å². The number of anilines is 1. The highest BCUT2D eigenvalue weighted by Gasteiger charge is 2.62. The van der Waals surface area contributed by atoms with Crippen molar-refractivity contribution in [3.05, 3.63) is 94.7 Å². The number of hydrogen-bond acceptors (Lipinski definition) is 3. The molecule has 1 aliphatic heterocycles. The molecule has 2 aromatic carbocycles. The van der Waals surface area contributed by atoms with Crippen LogP contribution in [-0.4, -0.2) is 16.8 Å². The zero-order chi connectivity index (χ0) is 19.0. The summed E-state index contributed by atoms with van der Waals surface area (Å²) in [6.07, 6.45) is 1.64. The van der Waals surface area contributed by atoms with Gasteiger partial charge in [0.05, 0.1) is 11.8 Å². The van der Waals surface area contributed by atoms with E-state index in [0.717, 1.165) is 5.56 Å². The number of pyridine rings is 1.